The molecular formula is C14H11N3O3. The zero-order valence-electron chi connectivity index (χ0n) is 10.6. The van der Waals surface area contributed by atoms with Gasteiger partial charge in [0.2, 0.25) is 5.82 Å². The van der Waals surface area contributed by atoms with E-state index >= 15 is 0 Å². The van der Waals surface area contributed by atoms with Crippen molar-refractivity contribution in [2.24, 2.45) is 0 Å². The van der Waals surface area contributed by atoms with E-state index in [4.69, 9.17) is 4.52 Å². The van der Waals surface area contributed by atoms with Crippen molar-refractivity contribution in [1.82, 2.24) is 15.1 Å². The summed E-state index contributed by atoms with van der Waals surface area (Å²) in [7, 11) is 0. The first-order chi connectivity index (χ1) is 9.63. The maximum atomic E-state index is 9.76. The van der Waals surface area contributed by atoms with Crippen molar-refractivity contribution >= 4 is 0 Å². The van der Waals surface area contributed by atoms with E-state index in [0.29, 0.717) is 11.5 Å². The zero-order chi connectivity index (χ0) is 14.1. The number of benzene rings is 1. The molecule has 0 fully saturated rings. The average Bonchev–Trinajstić information content (AvgIpc) is 2.91. The number of rotatable bonds is 2. The Morgan fingerprint density at radius 2 is 1.95 bits per heavy atom. The van der Waals surface area contributed by atoms with Gasteiger partial charge in [-0.25, -0.2) is 0 Å². The van der Waals surface area contributed by atoms with Gasteiger partial charge in [-0.3, -0.25) is 4.98 Å². The van der Waals surface area contributed by atoms with Gasteiger partial charge in [0.15, 0.2) is 0 Å². The largest absolute Gasteiger partial charge is 0.508 e. The summed E-state index contributed by atoms with van der Waals surface area (Å²) in [5.74, 6) is 0.407. The zero-order valence-corrected chi connectivity index (χ0v) is 10.6. The predicted octanol–water partition coefficient (Wildman–Crippen LogP) is 2.52. The first-order valence-electron chi connectivity index (χ1n) is 5.92. The number of aromatic hydroxyl groups is 2. The highest BCUT2D eigenvalue weighted by atomic mass is 16.5. The molecule has 0 aliphatic carbocycles. The molecule has 1 aromatic carbocycles. The van der Waals surface area contributed by atoms with E-state index in [1.807, 2.05) is 19.1 Å². The molecule has 0 amide bonds. The Kier molecular flexibility index (Phi) is 2.83. The second kappa shape index (κ2) is 4.65. The Morgan fingerprint density at radius 3 is 2.75 bits per heavy atom. The second-order valence-corrected chi connectivity index (χ2v) is 4.34. The van der Waals surface area contributed by atoms with Crippen LogP contribution in [0.15, 0.2) is 41.1 Å². The Bertz CT molecular complexity index is 768. The highest BCUT2D eigenvalue weighted by Gasteiger charge is 2.15. The standard InChI is InChI=1S/C14H11N3O3/c1-8-4-5-15-11(6-8)13-16-14(20-17-13)10-7-9(18)2-3-12(10)19/h2-7,18-19H,1H3. The highest BCUT2D eigenvalue weighted by Crippen LogP contribution is 2.31. The summed E-state index contributed by atoms with van der Waals surface area (Å²) in [6.45, 7) is 1.94. The lowest BCUT2D eigenvalue weighted by Gasteiger charge is -1.99. The van der Waals surface area contributed by atoms with Gasteiger partial charge in [-0.05, 0) is 42.8 Å². The van der Waals surface area contributed by atoms with Gasteiger partial charge in [0.1, 0.15) is 17.2 Å². The van der Waals surface area contributed by atoms with E-state index in [2.05, 4.69) is 15.1 Å². The molecule has 0 aliphatic rings. The summed E-state index contributed by atoms with van der Waals surface area (Å²) in [6.07, 6.45) is 1.66. The minimum atomic E-state index is -0.0461. The van der Waals surface area contributed by atoms with Gasteiger partial charge >= 0.3 is 0 Å². The lowest BCUT2D eigenvalue weighted by Crippen LogP contribution is -1.86. The van der Waals surface area contributed by atoms with Gasteiger partial charge in [-0.15, -0.1) is 0 Å². The molecular weight excluding hydrogens is 258 g/mol. The number of phenolic OH excluding ortho intramolecular Hbond substituents is 2. The van der Waals surface area contributed by atoms with Crippen molar-refractivity contribution in [2.45, 2.75) is 6.92 Å². The van der Waals surface area contributed by atoms with Crippen LogP contribution >= 0.6 is 0 Å². The molecule has 0 unspecified atom stereocenters. The van der Waals surface area contributed by atoms with E-state index < -0.39 is 0 Å². The third-order valence-electron chi connectivity index (χ3n) is 2.78. The minimum absolute atomic E-state index is 0.00577. The highest BCUT2D eigenvalue weighted by molar-refractivity contribution is 5.65. The summed E-state index contributed by atoms with van der Waals surface area (Å²) < 4.78 is 5.11. The van der Waals surface area contributed by atoms with Gasteiger partial charge in [-0.1, -0.05) is 5.16 Å². The van der Waals surface area contributed by atoms with Crippen molar-refractivity contribution in [2.75, 3.05) is 0 Å². The Morgan fingerprint density at radius 1 is 1.10 bits per heavy atom. The van der Waals surface area contributed by atoms with Gasteiger partial charge in [-0.2, -0.15) is 4.98 Å². The maximum absolute atomic E-state index is 9.76. The number of phenols is 2. The molecule has 2 aromatic heterocycles. The van der Waals surface area contributed by atoms with Gasteiger partial charge in [0.25, 0.3) is 5.89 Å². The van der Waals surface area contributed by atoms with E-state index in [1.165, 1.54) is 18.2 Å². The van der Waals surface area contributed by atoms with Crippen LogP contribution < -0.4 is 0 Å². The van der Waals surface area contributed by atoms with Crippen LogP contribution in [0.4, 0.5) is 0 Å². The summed E-state index contributed by atoms with van der Waals surface area (Å²) in [6, 6.07) is 7.79. The van der Waals surface area contributed by atoms with Crippen LogP contribution in [0.5, 0.6) is 11.5 Å². The molecule has 0 spiro atoms. The van der Waals surface area contributed by atoms with E-state index in [9.17, 15) is 10.2 Å². The summed E-state index contributed by atoms with van der Waals surface area (Å²) in [5, 5.41) is 23.0. The molecule has 0 bridgehead atoms. The Hall–Kier alpha value is -2.89. The van der Waals surface area contributed by atoms with E-state index in [-0.39, 0.29) is 23.0 Å². The molecule has 100 valence electrons. The average molecular weight is 269 g/mol. The van der Waals surface area contributed by atoms with Crippen LogP contribution in [-0.2, 0) is 0 Å². The van der Waals surface area contributed by atoms with Crippen LogP contribution in [0, 0.1) is 6.92 Å². The molecule has 3 rings (SSSR count). The fraction of sp³-hybridized carbons (Fsp3) is 0.0714. The van der Waals surface area contributed by atoms with Crippen molar-refractivity contribution in [3.63, 3.8) is 0 Å². The fourth-order valence-corrected chi connectivity index (χ4v) is 1.79. The van der Waals surface area contributed by atoms with Gasteiger partial charge in [0.05, 0.1) is 5.56 Å². The number of hydrogen-bond donors (Lipinski definition) is 2. The summed E-state index contributed by atoms with van der Waals surface area (Å²) >= 11 is 0. The number of hydrogen-bond acceptors (Lipinski definition) is 6. The lowest BCUT2D eigenvalue weighted by molar-refractivity contribution is 0.423. The predicted molar refractivity (Wildman–Crippen MR) is 71.0 cm³/mol. The molecule has 3 aromatic rings. The number of aromatic nitrogens is 3. The van der Waals surface area contributed by atoms with E-state index in [0.717, 1.165) is 5.56 Å². The van der Waals surface area contributed by atoms with Crippen LogP contribution in [0.2, 0.25) is 0 Å². The molecule has 0 saturated heterocycles. The van der Waals surface area contributed by atoms with Gasteiger partial charge in [0, 0.05) is 6.20 Å². The van der Waals surface area contributed by atoms with Crippen molar-refractivity contribution in [1.29, 1.82) is 0 Å². The number of pyridine rings is 1. The molecule has 0 aliphatic heterocycles. The maximum Gasteiger partial charge on any atom is 0.262 e. The minimum Gasteiger partial charge on any atom is -0.508 e. The number of aryl methyl sites for hydroxylation is 1. The first-order valence-corrected chi connectivity index (χ1v) is 5.92. The molecule has 0 atom stereocenters. The third kappa shape index (κ3) is 2.18. The van der Waals surface area contributed by atoms with Crippen LogP contribution in [0.3, 0.4) is 0 Å². The molecule has 6 heteroatoms. The monoisotopic (exact) mass is 269 g/mol. The normalized spacial score (nSPS) is 10.7. The Labute approximate surface area is 114 Å². The smallest absolute Gasteiger partial charge is 0.262 e. The quantitative estimate of drug-likeness (QED) is 0.694. The SMILES string of the molecule is Cc1ccnc(-c2noc(-c3cc(O)ccc3O)n2)c1. The molecule has 2 heterocycles. The topological polar surface area (TPSA) is 92.3 Å². The molecule has 2 N–H and O–H groups in total. The summed E-state index contributed by atoms with van der Waals surface area (Å²) in [4.78, 5) is 8.34. The van der Waals surface area contributed by atoms with Crippen molar-refractivity contribution in [3.8, 4) is 34.5 Å². The van der Waals surface area contributed by atoms with Crippen LogP contribution in [0.25, 0.3) is 23.0 Å². The molecule has 6 nitrogen and oxygen atoms in total. The van der Waals surface area contributed by atoms with Crippen LogP contribution in [0.1, 0.15) is 5.56 Å². The fourth-order valence-electron chi connectivity index (χ4n) is 1.79. The lowest BCUT2D eigenvalue weighted by atomic mass is 10.2. The number of nitrogens with zero attached hydrogens (tertiary/aromatic N) is 3. The Balaban J connectivity index is 2.04. The summed E-state index contributed by atoms with van der Waals surface area (Å²) in [5.41, 5.74) is 1.89. The van der Waals surface area contributed by atoms with Crippen molar-refractivity contribution in [3.05, 3.63) is 42.1 Å². The van der Waals surface area contributed by atoms with Crippen molar-refractivity contribution < 1.29 is 14.7 Å². The first kappa shape index (κ1) is 12.2. The van der Waals surface area contributed by atoms with Crippen LogP contribution in [-0.4, -0.2) is 25.3 Å². The molecule has 0 radical (unpaired) electrons. The third-order valence-corrected chi connectivity index (χ3v) is 2.78. The van der Waals surface area contributed by atoms with Gasteiger partial charge < -0.3 is 14.7 Å². The van der Waals surface area contributed by atoms with E-state index in [1.54, 1.807) is 6.20 Å². The molecule has 20 heavy (non-hydrogen) atoms. The molecule has 0 saturated carbocycles. The second-order valence-electron chi connectivity index (χ2n) is 4.34.